The highest BCUT2D eigenvalue weighted by atomic mass is 35.5. The summed E-state index contributed by atoms with van der Waals surface area (Å²) in [4.78, 5) is 38.7. The van der Waals surface area contributed by atoms with E-state index in [4.69, 9.17) is 11.6 Å². The number of benzene rings is 2. The molecule has 0 aromatic heterocycles. The number of halogens is 1. The first-order valence-electron chi connectivity index (χ1n) is 8.88. The van der Waals surface area contributed by atoms with Crippen molar-refractivity contribution in [2.24, 2.45) is 5.92 Å². The maximum atomic E-state index is 13.0. The highest BCUT2D eigenvalue weighted by molar-refractivity contribution is 6.38. The molecule has 4 rings (SSSR count). The van der Waals surface area contributed by atoms with Crippen LogP contribution in [0.3, 0.4) is 0 Å². The zero-order valence-electron chi connectivity index (χ0n) is 14.5. The molecule has 26 heavy (non-hydrogen) atoms. The predicted molar refractivity (Wildman–Crippen MR) is 98.8 cm³/mol. The molecule has 1 fully saturated rings. The van der Waals surface area contributed by atoms with Crippen molar-refractivity contribution in [3.05, 3.63) is 46.5 Å². The van der Waals surface area contributed by atoms with Crippen LogP contribution in [0.2, 0.25) is 5.02 Å². The summed E-state index contributed by atoms with van der Waals surface area (Å²) in [5.41, 5.74) is 0.570. The van der Waals surface area contributed by atoms with Gasteiger partial charge in [-0.15, -0.1) is 0 Å². The van der Waals surface area contributed by atoms with Gasteiger partial charge in [-0.25, -0.2) is 5.01 Å². The molecule has 5 nitrogen and oxygen atoms in total. The van der Waals surface area contributed by atoms with Crippen LogP contribution in [-0.4, -0.2) is 34.8 Å². The summed E-state index contributed by atoms with van der Waals surface area (Å²) in [5, 5.41) is 3.93. The van der Waals surface area contributed by atoms with Crippen molar-refractivity contribution in [1.82, 2.24) is 10.0 Å². The fraction of sp³-hybridized carbons (Fsp3) is 0.350. The van der Waals surface area contributed by atoms with E-state index < -0.39 is 11.8 Å². The molecular weight excluding hydrogens is 352 g/mol. The second kappa shape index (κ2) is 6.40. The molecular formula is C20H19ClN2O3. The van der Waals surface area contributed by atoms with Crippen molar-refractivity contribution in [3.63, 3.8) is 0 Å². The second-order valence-electron chi connectivity index (χ2n) is 6.95. The molecule has 0 radical (unpaired) electrons. The standard InChI is InChI=1S/C20H19ClN2O3/c1-22(18(24)12-7-3-2-4-8-12)23-19(25)15-11-16(21)13-9-5-6-10-14(13)17(15)20(23)26/h5-6,9-12H,2-4,7-8H2,1H3. The highest BCUT2D eigenvalue weighted by Gasteiger charge is 2.42. The van der Waals surface area contributed by atoms with Crippen molar-refractivity contribution in [2.45, 2.75) is 32.1 Å². The summed E-state index contributed by atoms with van der Waals surface area (Å²) in [6, 6.07) is 8.75. The molecule has 1 heterocycles. The number of nitrogens with zero attached hydrogens (tertiary/aromatic N) is 2. The molecule has 1 saturated carbocycles. The van der Waals surface area contributed by atoms with E-state index in [1.807, 2.05) is 12.1 Å². The van der Waals surface area contributed by atoms with Gasteiger partial charge in [-0.2, -0.15) is 5.01 Å². The van der Waals surface area contributed by atoms with Crippen LogP contribution in [0, 0.1) is 5.92 Å². The first kappa shape index (κ1) is 17.0. The SMILES string of the molecule is CN(C(=O)C1CCCCC1)N1C(=O)c2cc(Cl)c3ccccc3c2C1=O. The Morgan fingerprint density at radius 2 is 1.73 bits per heavy atom. The van der Waals surface area contributed by atoms with Crippen LogP contribution in [0.25, 0.3) is 10.8 Å². The Bertz CT molecular complexity index is 934. The van der Waals surface area contributed by atoms with E-state index in [9.17, 15) is 14.4 Å². The van der Waals surface area contributed by atoms with Gasteiger partial charge in [-0.1, -0.05) is 55.1 Å². The molecule has 2 aromatic carbocycles. The Labute approximate surface area is 156 Å². The fourth-order valence-corrected chi connectivity index (χ4v) is 4.30. The Morgan fingerprint density at radius 1 is 1.08 bits per heavy atom. The normalized spacial score (nSPS) is 17.7. The van der Waals surface area contributed by atoms with Crippen LogP contribution in [0.4, 0.5) is 0 Å². The van der Waals surface area contributed by atoms with E-state index in [-0.39, 0.29) is 17.4 Å². The maximum absolute atomic E-state index is 13.0. The molecule has 0 saturated heterocycles. The van der Waals surface area contributed by atoms with Crippen molar-refractivity contribution < 1.29 is 14.4 Å². The van der Waals surface area contributed by atoms with Crippen LogP contribution < -0.4 is 0 Å². The molecule has 1 aliphatic carbocycles. The van der Waals surface area contributed by atoms with Crippen LogP contribution in [0.15, 0.2) is 30.3 Å². The lowest BCUT2D eigenvalue weighted by Crippen LogP contribution is -2.49. The summed E-state index contributed by atoms with van der Waals surface area (Å²) in [6.45, 7) is 0. The van der Waals surface area contributed by atoms with E-state index in [0.717, 1.165) is 42.5 Å². The zero-order chi connectivity index (χ0) is 18.4. The van der Waals surface area contributed by atoms with Crippen molar-refractivity contribution in [1.29, 1.82) is 0 Å². The molecule has 3 amide bonds. The molecule has 0 spiro atoms. The first-order valence-corrected chi connectivity index (χ1v) is 9.26. The van der Waals surface area contributed by atoms with Gasteiger partial charge in [0.25, 0.3) is 11.8 Å². The summed E-state index contributed by atoms with van der Waals surface area (Å²) >= 11 is 6.30. The second-order valence-corrected chi connectivity index (χ2v) is 7.35. The number of imide groups is 1. The topological polar surface area (TPSA) is 57.7 Å². The van der Waals surface area contributed by atoms with E-state index >= 15 is 0 Å². The van der Waals surface area contributed by atoms with Gasteiger partial charge in [0.1, 0.15) is 0 Å². The van der Waals surface area contributed by atoms with Gasteiger partial charge >= 0.3 is 0 Å². The lowest BCUT2D eigenvalue weighted by Gasteiger charge is -2.31. The molecule has 0 atom stereocenters. The molecule has 2 aromatic rings. The summed E-state index contributed by atoms with van der Waals surface area (Å²) < 4.78 is 0. The van der Waals surface area contributed by atoms with Gasteiger partial charge in [0.05, 0.1) is 11.1 Å². The average molecular weight is 371 g/mol. The van der Waals surface area contributed by atoms with Gasteiger partial charge in [0.15, 0.2) is 0 Å². The van der Waals surface area contributed by atoms with E-state index in [1.165, 1.54) is 18.1 Å². The van der Waals surface area contributed by atoms with Crippen LogP contribution >= 0.6 is 11.6 Å². The first-order chi connectivity index (χ1) is 12.5. The van der Waals surface area contributed by atoms with E-state index in [0.29, 0.717) is 16.0 Å². The van der Waals surface area contributed by atoms with Crippen LogP contribution in [0.1, 0.15) is 52.8 Å². The van der Waals surface area contributed by atoms with E-state index in [2.05, 4.69) is 0 Å². The summed E-state index contributed by atoms with van der Waals surface area (Å²) in [7, 11) is 1.50. The quantitative estimate of drug-likeness (QED) is 0.749. The number of hydrogen-bond donors (Lipinski definition) is 0. The van der Waals surface area contributed by atoms with Crippen molar-refractivity contribution in [2.75, 3.05) is 7.05 Å². The minimum absolute atomic E-state index is 0.126. The maximum Gasteiger partial charge on any atom is 0.281 e. The number of amides is 3. The molecule has 0 bridgehead atoms. The number of rotatable bonds is 2. The van der Waals surface area contributed by atoms with Crippen LogP contribution in [-0.2, 0) is 4.79 Å². The third-order valence-corrected chi connectivity index (χ3v) is 5.71. The van der Waals surface area contributed by atoms with Gasteiger partial charge in [0.2, 0.25) is 5.91 Å². The average Bonchev–Trinajstić information content (AvgIpc) is 2.92. The number of carbonyl (C=O) groups is 3. The Hall–Kier alpha value is -2.40. The third kappa shape index (κ3) is 2.50. The lowest BCUT2D eigenvalue weighted by atomic mass is 9.88. The third-order valence-electron chi connectivity index (χ3n) is 5.40. The van der Waals surface area contributed by atoms with Gasteiger partial charge < -0.3 is 0 Å². The number of carbonyl (C=O) groups excluding carboxylic acids is 3. The molecule has 0 unspecified atom stereocenters. The minimum atomic E-state index is -0.496. The van der Waals surface area contributed by atoms with Crippen molar-refractivity contribution >= 4 is 40.1 Å². The summed E-state index contributed by atoms with van der Waals surface area (Å²) in [5.74, 6) is -1.26. The van der Waals surface area contributed by atoms with E-state index in [1.54, 1.807) is 12.1 Å². The molecule has 0 N–H and O–H groups in total. The Balaban J connectivity index is 1.73. The van der Waals surface area contributed by atoms with Gasteiger partial charge in [-0.3, -0.25) is 14.4 Å². The Morgan fingerprint density at radius 3 is 2.42 bits per heavy atom. The number of fused-ring (bicyclic) bond motifs is 3. The van der Waals surface area contributed by atoms with Gasteiger partial charge in [0, 0.05) is 23.4 Å². The predicted octanol–water partition coefficient (Wildman–Crippen LogP) is 4.04. The zero-order valence-corrected chi connectivity index (χ0v) is 15.3. The lowest BCUT2D eigenvalue weighted by molar-refractivity contribution is -0.144. The Kier molecular flexibility index (Phi) is 4.19. The molecule has 1 aliphatic heterocycles. The fourth-order valence-electron chi connectivity index (χ4n) is 4.03. The number of hydrogen-bond acceptors (Lipinski definition) is 3. The summed E-state index contributed by atoms with van der Waals surface area (Å²) in [6.07, 6.45) is 4.76. The minimum Gasteiger partial charge on any atom is -0.273 e. The largest absolute Gasteiger partial charge is 0.281 e. The van der Waals surface area contributed by atoms with Crippen LogP contribution in [0.5, 0.6) is 0 Å². The van der Waals surface area contributed by atoms with Crippen molar-refractivity contribution in [3.8, 4) is 0 Å². The molecule has 6 heteroatoms. The highest BCUT2D eigenvalue weighted by Crippen LogP contribution is 2.36. The number of hydrazine groups is 1. The smallest absolute Gasteiger partial charge is 0.273 e. The molecule has 134 valence electrons. The molecule has 2 aliphatic rings. The monoisotopic (exact) mass is 370 g/mol. The van der Waals surface area contributed by atoms with Gasteiger partial charge in [-0.05, 0) is 24.3 Å².